The van der Waals surface area contributed by atoms with Crippen LogP contribution in [0, 0.1) is 0 Å². The van der Waals surface area contributed by atoms with Crippen LogP contribution in [-0.4, -0.2) is 58.0 Å². The first-order chi connectivity index (χ1) is 11.2. The lowest BCUT2D eigenvalue weighted by atomic mass is 10.2. The highest BCUT2D eigenvalue weighted by Gasteiger charge is 2.27. The summed E-state index contributed by atoms with van der Waals surface area (Å²) < 4.78 is 5.35. The molecule has 0 aliphatic carbocycles. The van der Waals surface area contributed by atoms with E-state index in [0.717, 1.165) is 5.56 Å². The van der Waals surface area contributed by atoms with Gasteiger partial charge in [-0.3, -0.25) is 4.79 Å². The van der Waals surface area contributed by atoms with Crippen molar-refractivity contribution in [2.24, 2.45) is 0 Å². The molecule has 24 heavy (non-hydrogen) atoms. The van der Waals surface area contributed by atoms with E-state index < -0.39 is 5.60 Å². The van der Waals surface area contributed by atoms with E-state index in [1.807, 2.05) is 20.8 Å². The van der Waals surface area contributed by atoms with Crippen LogP contribution in [0.3, 0.4) is 0 Å². The van der Waals surface area contributed by atoms with E-state index >= 15 is 0 Å². The van der Waals surface area contributed by atoms with Gasteiger partial charge in [0.25, 0.3) is 5.24 Å². The highest BCUT2D eigenvalue weighted by atomic mass is 32.2. The average Bonchev–Trinajstić information content (AvgIpc) is 2.52. The van der Waals surface area contributed by atoms with E-state index in [2.05, 4.69) is 0 Å². The number of phenols is 1. The van der Waals surface area contributed by atoms with Gasteiger partial charge in [-0.1, -0.05) is 23.9 Å². The van der Waals surface area contributed by atoms with Gasteiger partial charge in [0, 0.05) is 31.9 Å². The van der Waals surface area contributed by atoms with Crippen molar-refractivity contribution in [1.29, 1.82) is 0 Å². The highest BCUT2D eigenvalue weighted by molar-refractivity contribution is 8.12. The Kier molecular flexibility index (Phi) is 5.99. The van der Waals surface area contributed by atoms with Gasteiger partial charge in [0.15, 0.2) is 0 Å². The van der Waals surface area contributed by atoms with Crippen molar-refractivity contribution in [2.75, 3.05) is 26.2 Å². The van der Waals surface area contributed by atoms with Gasteiger partial charge < -0.3 is 19.6 Å². The Morgan fingerprint density at radius 2 is 1.62 bits per heavy atom. The third-order valence-electron chi connectivity index (χ3n) is 3.49. The fraction of sp³-hybridized carbons (Fsp3) is 0.529. The van der Waals surface area contributed by atoms with Gasteiger partial charge in [-0.05, 0) is 38.5 Å². The van der Waals surface area contributed by atoms with Crippen molar-refractivity contribution in [3.8, 4) is 5.75 Å². The summed E-state index contributed by atoms with van der Waals surface area (Å²) in [4.78, 5) is 27.6. The fourth-order valence-corrected chi connectivity index (χ4v) is 3.07. The molecule has 0 saturated carbocycles. The number of hydrogen-bond acceptors (Lipinski definition) is 5. The standard InChI is InChI=1S/C17H24N2O4S/c1-17(2,3)23-15(21)18-8-10-19(11-9-18)16(22)24-12-13-4-6-14(20)7-5-13/h4-7,20H,8-12H2,1-3H3. The molecular weight excluding hydrogens is 328 g/mol. The molecule has 0 bridgehead atoms. The second-order valence-electron chi connectivity index (χ2n) is 6.68. The quantitative estimate of drug-likeness (QED) is 0.884. The van der Waals surface area contributed by atoms with Crippen molar-refractivity contribution < 1.29 is 19.4 Å². The first-order valence-corrected chi connectivity index (χ1v) is 8.91. The van der Waals surface area contributed by atoms with Gasteiger partial charge in [-0.15, -0.1) is 0 Å². The van der Waals surface area contributed by atoms with Crippen LogP contribution in [0.25, 0.3) is 0 Å². The molecule has 1 fully saturated rings. The maximum Gasteiger partial charge on any atom is 0.410 e. The second-order valence-corrected chi connectivity index (χ2v) is 7.60. The van der Waals surface area contributed by atoms with Gasteiger partial charge in [-0.2, -0.15) is 0 Å². The van der Waals surface area contributed by atoms with Crippen molar-refractivity contribution in [2.45, 2.75) is 32.1 Å². The lowest BCUT2D eigenvalue weighted by Crippen LogP contribution is -2.50. The summed E-state index contributed by atoms with van der Waals surface area (Å²) in [5, 5.41) is 9.26. The molecular formula is C17H24N2O4S. The second kappa shape index (κ2) is 7.79. The molecule has 1 heterocycles. The molecule has 0 aromatic heterocycles. The van der Waals surface area contributed by atoms with Crippen molar-refractivity contribution in [3.63, 3.8) is 0 Å². The van der Waals surface area contributed by atoms with Crippen molar-refractivity contribution in [1.82, 2.24) is 9.80 Å². The highest BCUT2D eigenvalue weighted by Crippen LogP contribution is 2.20. The Balaban J connectivity index is 1.76. The number of carbonyl (C=O) groups is 2. The summed E-state index contributed by atoms with van der Waals surface area (Å²) in [6.07, 6.45) is -0.327. The maximum absolute atomic E-state index is 12.2. The third kappa shape index (κ3) is 5.63. The normalized spacial score (nSPS) is 15.3. The van der Waals surface area contributed by atoms with Gasteiger partial charge in [0.05, 0.1) is 0 Å². The molecule has 1 aliphatic heterocycles. The van der Waals surface area contributed by atoms with E-state index in [0.29, 0.717) is 31.9 Å². The Hall–Kier alpha value is -1.89. The molecule has 0 unspecified atom stereocenters. The molecule has 0 radical (unpaired) electrons. The third-order valence-corrected chi connectivity index (χ3v) is 4.47. The number of benzene rings is 1. The number of amides is 2. The van der Waals surface area contributed by atoms with Crippen LogP contribution in [-0.2, 0) is 10.5 Å². The van der Waals surface area contributed by atoms with Crippen molar-refractivity contribution in [3.05, 3.63) is 29.8 Å². The lowest BCUT2D eigenvalue weighted by molar-refractivity contribution is 0.0177. The number of carbonyl (C=O) groups excluding carboxylic acids is 2. The molecule has 7 heteroatoms. The minimum atomic E-state index is -0.510. The van der Waals surface area contributed by atoms with Crippen LogP contribution in [0.15, 0.2) is 24.3 Å². The molecule has 1 N–H and O–H groups in total. The monoisotopic (exact) mass is 352 g/mol. The van der Waals surface area contributed by atoms with Crippen LogP contribution in [0.4, 0.5) is 9.59 Å². The number of rotatable bonds is 2. The van der Waals surface area contributed by atoms with E-state index in [-0.39, 0.29) is 17.1 Å². The molecule has 1 aromatic rings. The van der Waals surface area contributed by atoms with Gasteiger partial charge in [0.1, 0.15) is 11.4 Å². The van der Waals surface area contributed by atoms with Crippen LogP contribution in [0.1, 0.15) is 26.3 Å². The minimum Gasteiger partial charge on any atom is -0.508 e. The van der Waals surface area contributed by atoms with Crippen LogP contribution >= 0.6 is 11.8 Å². The van der Waals surface area contributed by atoms with E-state index in [4.69, 9.17) is 4.74 Å². The van der Waals surface area contributed by atoms with Gasteiger partial charge in [-0.25, -0.2) is 4.79 Å². The molecule has 1 saturated heterocycles. The number of ether oxygens (including phenoxy) is 1. The summed E-state index contributed by atoms with van der Waals surface area (Å²) in [5.41, 5.74) is 0.475. The zero-order chi connectivity index (χ0) is 17.7. The Labute approximate surface area is 146 Å². The van der Waals surface area contributed by atoms with Crippen LogP contribution < -0.4 is 0 Å². The Bertz CT molecular complexity index is 575. The van der Waals surface area contributed by atoms with Gasteiger partial charge in [0.2, 0.25) is 0 Å². The summed E-state index contributed by atoms with van der Waals surface area (Å²) in [7, 11) is 0. The summed E-state index contributed by atoms with van der Waals surface area (Å²) in [6.45, 7) is 7.52. The Morgan fingerprint density at radius 1 is 1.08 bits per heavy atom. The fourth-order valence-electron chi connectivity index (χ4n) is 2.23. The van der Waals surface area contributed by atoms with E-state index in [9.17, 15) is 14.7 Å². The number of thioether (sulfide) groups is 1. The van der Waals surface area contributed by atoms with Crippen LogP contribution in [0.2, 0.25) is 0 Å². The first kappa shape index (κ1) is 18.4. The summed E-state index contributed by atoms with van der Waals surface area (Å²) in [5.74, 6) is 0.777. The lowest BCUT2D eigenvalue weighted by Gasteiger charge is -2.35. The summed E-state index contributed by atoms with van der Waals surface area (Å²) in [6, 6.07) is 6.83. The van der Waals surface area contributed by atoms with E-state index in [1.165, 1.54) is 11.8 Å². The number of aromatic hydroxyl groups is 1. The first-order valence-electron chi connectivity index (χ1n) is 7.92. The molecule has 6 nitrogen and oxygen atoms in total. The minimum absolute atomic E-state index is 0.00640. The number of piperazine rings is 1. The topological polar surface area (TPSA) is 70.1 Å². The SMILES string of the molecule is CC(C)(C)OC(=O)N1CCN(C(=O)SCc2ccc(O)cc2)CC1. The molecule has 0 atom stereocenters. The molecule has 1 aliphatic rings. The zero-order valence-electron chi connectivity index (χ0n) is 14.3. The maximum atomic E-state index is 12.2. The molecule has 0 spiro atoms. The predicted molar refractivity (Wildman–Crippen MR) is 94.2 cm³/mol. The molecule has 2 amide bonds. The largest absolute Gasteiger partial charge is 0.508 e. The number of phenolic OH excluding ortho intramolecular Hbond substituents is 1. The smallest absolute Gasteiger partial charge is 0.410 e. The molecule has 132 valence electrons. The molecule has 2 rings (SSSR count). The Morgan fingerprint density at radius 3 is 2.17 bits per heavy atom. The predicted octanol–water partition coefficient (Wildman–Crippen LogP) is 3.30. The number of nitrogens with zero attached hydrogens (tertiary/aromatic N) is 2. The average molecular weight is 352 g/mol. The zero-order valence-corrected chi connectivity index (χ0v) is 15.1. The number of hydrogen-bond donors (Lipinski definition) is 1. The summed E-state index contributed by atoms with van der Waals surface area (Å²) >= 11 is 1.23. The molecule has 1 aromatic carbocycles. The van der Waals surface area contributed by atoms with E-state index in [1.54, 1.807) is 34.1 Å². The van der Waals surface area contributed by atoms with Crippen molar-refractivity contribution >= 4 is 23.1 Å². The van der Waals surface area contributed by atoms with Crippen LogP contribution in [0.5, 0.6) is 5.75 Å². The van der Waals surface area contributed by atoms with Gasteiger partial charge >= 0.3 is 6.09 Å².